The number of amides is 1. The van der Waals surface area contributed by atoms with E-state index in [1.165, 1.54) is 4.90 Å². The van der Waals surface area contributed by atoms with E-state index in [0.29, 0.717) is 23.5 Å². The number of rotatable bonds is 8. The zero-order valence-corrected chi connectivity index (χ0v) is 16.6. The zero-order valence-electron chi connectivity index (χ0n) is 16.6. The number of carboxylic acids is 1. The lowest BCUT2D eigenvalue weighted by atomic mass is 9.95. The average Bonchev–Trinajstić information content (AvgIpc) is 2.99. The van der Waals surface area contributed by atoms with Crippen molar-refractivity contribution in [1.82, 2.24) is 4.90 Å². The van der Waals surface area contributed by atoms with Crippen molar-refractivity contribution in [2.24, 2.45) is 0 Å². The van der Waals surface area contributed by atoms with Crippen molar-refractivity contribution < 1.29 is 29.3 Å². The second kappa shape index (κ2) is 9.26. The summed E-state index contributed by atoms with van der Waals surface area (Å²) in [5.74, 6) is -2.13. The summed E-state index contributed by atoms with van der Waals surface area (Å²) in [6.07, 6.45) is 0.0684. The third kappa shape index (κ3) is 4.35. The van der Waals surface area contributed by atoms with Crippen LogP contribution in [0, 0.1) is 0 Å². The molecule has 0 spiro atoms. The third-order valence-corrected chi connectivity index (χ3v) is 4.88. The number of ether oxygens (including phenoxy) is 1. The van der Waals surface area contributed by atoms with Gasteiger partial charge in [0, 0.05) is 18.5 Å². The molecule has 2 N–H and O–H groups in total. The number of benzene rings is 2. The van der Waals surface area contributed by atoms with Crippen LogP contribution in [0.1, 0.15) is 36.9 Å². The van der Waals surface area contributed by atoms with E-state index in [-0.39, 0.29) is 30.7 Å². The van der Waals surface area contributed by atoms with Crippen LogP contribution in [0.2, 0.25) is 0 Å². The summed E-state index contributed by atoms with van der Waals surface area (Å²) in [7, 11) is 0. The van der Waals surface area contributed by atoms with Gasteiger partial charge in [-0.3, -0.25) is 14.4 Å². The first kappa shape index (κ1) is 21.1. The molecule has 2 aromatic carbocycles. The van der Waals surface area contributed by atoms with Gasteiger partial charge >= 0.3 is 5.97 Å². The summed E-state index contributed by atoms with van der Waals surface area (Å²) in [6, 6.07) is 14.7. The number of aliphatic carboxylic acids is 1. The number of carbonyl (C=O) groups excluding carboxylic acids is 2. The Bertz CT molecular complexity index is 965. The van der Waals surface area contributed by atoms with E-state index in [1.54, 1.807) is 54.6 Å². The molecule has 1 fully saturated rings. The Labute approximate surface area is 174 Å². The standard InChI is InChI=1S/C23H23NO6/c1-2-30-17-12-10-15(11-13-17)20-19(21(27)16-7-4-3-5-8-16)22(28)23(29)24(20)14-6-9-18(25)26/h3-5,7-8,10-13,20,27H,2,6,9,14H2,1H3,(H,25,26)/t20-/m0/s1. The minimum atomic E-state index is -0.978. The van der Waals surface area contributed by atoms with Gasteiger partial charge in [0.05, 0.1) is 18.2 Å². The van der Waals surface area contributed by atoms with E-state index in [4.69, 9.17) is 9.84 Å². The summed E-state index contributed by atoms with van der Waals surface area (Å²) >= 11 is 0. The first-order valence-corrected chi connectivity index (χ1v) is 9.72. The van der Waals surface area contributed by atoms with E-state index >= 15 is 0 Å². The quantitative estimate of drug-likeness (QED) is 0.394. The first-order chi connectivity index (χ1) is 14.4. The molecule has 0 bridgehead atoms. The molecule has 0 aromatic heterocycles. The maximum absolute atomic E-state index is 12.8. The molecule has 1 amide bonds. The largest absolute Gasteiger partial charge is 0.507 e. The van der Waals surface area contributed by atoms with Gasteiger partial charge in [0.2, 0.25) is 0 Å². The maximum atomic E-state index is 12.8. The number of Topliss-reactive ketones (excluding diaryl/α,β-unsaturated/α-hetero) is 1. The van der Waals surface area contributed by atoms with Crippen LogP contribution in [-0.4, -0.2) is 45.9 Å². The predicted molar refractivity (Wildman–Crippen MR) is 110 cm³/mol. The third-order valence-electron chi connectivity index (χ3n) is 4.88. The molecular weight excluding hydrogens is 386 g/mol. The van der Waals surface area contributed by atoms with Gasteiger partial charge in [-0.1, -0.05) is 42.5 Å². The molecule has 2 aromatic rings. The Morgan fingerprint density at radius 2 is 1.70 bits per heavy atom. The summed E-state index contributed by atoms with van der Waals surface area (Å²) in [6.45, 7) is 2.45. The smallest absolute Gasteiger partial charge is 0.303 e. The first-order valence-electron chi connectivity index (χ1n) is 9.72. The molecule has 156 valence electrons. The highest BCUT2D eigenvalue weighted by Crippen LogP contribution is 2.39. The molecule has 1 heterocycles. The Morgan fingerprint density at radius 3 is 2.30 bits per heavy atom. The molecule has 1 aliphatic heterocycles. The number of aliphatic hydroxyl groups excluding tert-OH is 1. The van der Waals surface area contributed by atoms with Gasteiger partial charge in [-0.2, -0.15) is 0 Å². The fourth-order valence-corrected chi connectivity index (χ4v) is 3.52. The van der Waals surface area contributed by atoms with Gasteiger partial charge in [-0.05, 0) is 31.0 Å². The molecule has 1 atom stereocenters. The van der Waals surface area contributed by atoms with Crippen molar-refractivity contribution in [2.75, 3.05) is 13.2 Å². The van der Waals surface area contributed by atoms with Gasteiger partial charge in [0.1, 0.15) is 11.5 Å². The van der Waals surface area contributed by atoms with Crippen LogP contribution in [0.5, 0.6) is 5.75 Å². The Kier molecular flexibility index (Phi) is 6.51. The lowest BCUT2D eigenvalue weighted by molar-refractivity contribution is -0.140. The van der Waals surface area contributed by atoms with E-state index in [2.05, 4.69) is 0 Å². The predicted octanol–water partition coefficient (Wildman–Crippen LogP) is 3.37. The summed E-state index contributed by atoms with van der Waals surface area (Å²) in [5, 5.41) is 19.8. The lowest BCUT2D eigenvalue weighted by Crippen LogP contribution is -2.31. The Hall–Kier alpha value is -3.61. The van der Waals surface area contributed by atoms with E-state index in [9.17, 15) is 19.5 Å². The molecule has 1 aliphatic rings. The normalized spacial score (nSPS) is 17.9. The van der Waals surface area contributed by atoms with Crippen molar-refractivity contribution in [3.8, 4) is 5.75 Å². The van der Waals surface area contributed by atoms with E-state index in [0.717, 1.165) is 0 Å². The van der Waals surface area contributed by atoms with Crippen molar-refractivity contribution in [2.45, 2.75) is 25.8 Å². The number of carboxylic acid groups (broad SMARTS) is 1. The fraction of sp³-hybridized carbons (Fsp3) is 0.261. The molecule has 0 saturated carbocycles. The van der Waals surface area contributed by atoms with Gasteiger partial charge in [0.15, 0.2) is 0 Å². The molecule has 0 unspecified atom stereocenters. The molecule has 7 heteroatoms. The topological polar surface area (TPSA) is 104 Å². The van der Waals surface area contributed by atoms with Crippen molar-refractivity contribution in [3.63, 3.8) is 0 Å². The maximum Gasteiger partial charge on any atom is 0.303 e. The van der Waals surface area contributed by atoms with Crippen LogP contribution in [0.15, 0.2) is 60.2 Å². The van der Waals surface area contributed by atoms with Crippen LogP contribution >= 0.6 is 0 Å². The van der Waals surface area contributed by atoms with Crippen molar-refractivity contribution in [3.05, 3.63) is 71.3 Å². The average molecular weight is 409 g/mol. The number of ketones is 1. The minimum Gasteiger partial charge on any atom is -0.507 e. The molecule has 30 heavy (non-hydrogen) atoms. The number of likely N-dealkylation sites (tertiary alicyclic amines) is 1. The Balaban J connectivity index is 2.06. The second-order valence-corrected chi connectivity index (χ2v) is 6.86. The van der Waals surface area contributed by atoms with Crippen LogP contribution in [-0.2, 0) is 14.4 Å². The minimum absolute atomic E-state index is 0.00863. The van der Waals surface area contributed by atoms with Crippen LogP contribution in [0.4, 0.5) is 0 Å². The Morgan fingerprint density at radius 1 is 1.03 bits per heavy atom. The molecule has 0 radical (unpaired) electrons. The summed E-state index contributed by atoms with van der Waals surface area (Å²) in [5.41, 5.74) is 1.05. The van der Waals surface area contributed by atoms with Gasteiger partial charge in [0.25, 0.3) is 11.7 Å². The molecule has 0 aliphatic carbocycles. The number of hydrogen-bond acceptors (Lipinski definition) is 5. The van der Waals surface area contributed by atoms with Gasteiger partial charge < -0.3 is 19.8 Å². The molecule has 3 rings (SSSR count). The van der Waals surface area contributed by atoms with E-state index < -0.39 is 23.7 Å². The van der Waals surface area contributed by atoms with E-state index in [1.807, 2.05) is 6.92 Å². The highest BCUT2D eigenvalue weighted by Gasteiger charge is 2.45. The molecule has 1 saturated heterocycles. The van der Waals surface area contributed by atoms with Crippen molar-refractivity contribution in [1.29, 1.82) is 0 Å². The number of nitrogens with zero attached hydrogens (tertiary/aromatic N) is 1. The lowest BCUT2D eigenvalue weighted by Gasteiger charge is -2.25. The fourth-order valence-electron chi connectivity index (χ4n) is 3.52. The molecular formula is C23H23NO6. The van der Waals surface area contributed by atoms with Crippen LogP contribution in [0.25, 0.3) is 5.76 Å². The SMILES string of the molecule is CCOc1ccc([C@H]2C(=C(O)c3ccccc3)C(=O)C(=O)N2CCCC(=O)O)cc1. The molecule has 7 nitrogen and oxygen atoms in total. The van der Waals surface area contributed by atoms with Crippen molar-refractivity contribution >= 4 is 23.4 Å². The van der Waals surface area contributed by atoms with Gasteiger partial charge in [-0.15, -0.1) is 0 Å². The zero-order chi connectivity index (χ0) is 21.7. The monoisotopic (exact) mass is 409 g/mol. The highest BCUT2D eigenvalue weighted by atomic mass is 16.5. The summed E-state index contributed by atoms with van der Waals surface area (Å²) < 4.78 is 5.45. The number of hydrogen-bond donors (Lipinski definition) is 2. The highest BCUT2D eigenvalue weighted by molar-refractivity contribution is 6.46. The second-order valence-electron chi connectivity index (χ2n) is 6.86. The number of carbonyl (C=O) groups is 3. The summed E-state index contributed by atoms with van der Waals surface area (Å²) in [4.78, 5) is 37.8. The van der Waals surface area contributed by atoms with Crippen LogP contribution < -0.4 is 4.74 Å². The number of aliphatic hydroxyl groups is 1. The van der Waals surface area contributed by atoms with Crippen LogP contribution in [0.3, 0.4) is 0 Å². The van der Waals surface area contributed by atoms with Gasteiger partial charge in [-0.25, -0.2) is 0 Å².